The van der Waals surface area contributed by atoms with E-state index >= 15 is 0 Å². The lowest BCUT2D eigenvalue weighted by atomic mass is 10.0. The molecule has 1 heterocycles. The van der Waals surface area contributed by atoms with E-state index < -0.39 is 6.10 Å². The molecule has 0 aliphatic rings. The third-order valence-corrected chi connectivity index (χ3v) is 3.93. The van der Waals surface area contributed by atoms with Crippen LogP contribution in [0.25, 0.3) is 0 Å². The molecule has 2 aromatic rings. The Morgan fingerprint density at radius 1 is 1.29 bits per heavy atom. The highest BCUT2D eigenvalue weighted by molar-refractivity contribution is 7.10. The van der Waals surface area contributed by atoms with Crippen molar-refractivity contribution in [1.29, 1.82) is 0 Å². The molecule has 1 aromatic carbocycles. The van der Waals surface area contributed by atoms with Crippen LogP contribution in [0.2, 0.25) is 0 Å². The Hall–Kier alpha value is -1.32. The quantitative estimate of drug-likeness (QED) is 0.899. The van der Waals surface area contributed by atoms with Gasteiger partial charge < -0.3 is 9.84 Å². The van der Waals surface area contributed by atoms with Gasteiger partial charge in [-0.15, -0.1) is 11.3 Å². The van der Waals surface area contributed by atoms with Crippen LogP contribution in [0.4, 0.5) is 0 Å². The Morgan fingerprint density at radius 2 is 2.06 bits per heavy atom. The van der Waals surface area contributed by atoms with Crippen molar-refractivity contribution in [1.82, 2.24) is 0 Å². The fourth-order valence-corrected chi connectivity index (χ4v) is 2.81. The maximum Gasteiger partial charge on any atom is 0.122 e. The van der Waals surface area contributed by atoms with Gasteiger partial charge in [-0.2, -0.15) is 0 Å². The predicted molar refractivity (Wildman–Crippen MR) is 70.7 cm³/mol. The van der Waals surface area contributed by atoms with Crippen molar-refractivity contribution in [3.63, 3.8) is 0 Å². The maximum absolute atomic E-state index is 10.2. The van der Waals surface area contributed by atoms with Crippen LogP contribution < -0.4 is 4.74 Å². The molecule has 2 nitrogen and oxygen atoms in total. The molecule has 2 rings (SSSR count). The smallest absolute Gasteiger partial charge is 0.122 e. The first-order valence-corrected chi connectivity index (χ1v) is 6.44. The van der Waals surface area contributed by atoms with Crippen molar-refractivity contribution < 1.29 is 9.84 Å². The molecule has 1 unspecified atom stereocenters. The standard InChI is InChI=1S/C14H16O2S/c1-10-7-8-17-14(10)12(15)9-11-5-3-4-6-13(11)16-2/h3-8,12,15H,9H2,1-2H3. The largest absolute Gasteiger partial charge is 0.496 e. The van der Waals surface area contributed by atoms with Crippen LogP contribution in [0.1, 0.15) is 22.1 Å². The van der Waals surface area contributed by atoms with Gasteiger partial charge in [0.05, 0.1) is 13.2 Å². The number of thiophene rings is 1. The maximum atomic E-state index is 10.2. The van der Waals surface area contributed by atoms with Gasteiger partial charge in [-0.1, -0.05) is 18.2 Å². The van der Waals surface area contributed by atoms with Crippen LogP contribution in [-0.4, -0.2) is 12.2 Å². The first kappa shape index (κ1) is 12.1. The number of para-hydroxylation sites is 1. The van der Waals surface area contributed by atoms with E-state index in [4.69, 9.17) is 4.74 Å². The van der Waals surface area contributed by atoms with Gasteiger partial charge in [-0.05, 0) is 35.6 Å². The van der Waals surface area contributed by atoms with Gasteiger partial charge in [0.1, 0.15) is 5.75 Å². The van der Waals surface area contributed by atoms with Crippen LogP contribution in [-0.2, 0) is 6.42 Å². The van der Waals surface area contributed by atoms with Crippen LogP contribution in [0.3, 0.4) is 0 Å². The molecule has 0 amide bonds. The summed E-state index contributed by atoms with van der Waals surface area (Å²) in [5.74, 6) is 0.834. The average molecular weight is 248 g/mol. The second-order valence-corrected chi connectivity index (χ2v) is 4.95. The van der Waals surface area contributed by atoms with Crippen molar-refractivity contribution in [2.24, 2.45) is 0 Å². The van der Waals surface area contributed by atoms with Gasteiger partial charge in [0, 0.05) is 11.3 Å². The molecule has 90 valence electrons. The van der Waals surface area contributed by atoms with Gasteiger partial charge in [-0.3, -0.25) is 0 Å². The summed E-state index contributed by atoms with van der Waals surface area (Å²) in [6.45, 7) is 2.03. The molecule has 1 aromatic heterocycles. The third kappa shape index (κ3) is 2.68. The molecule has 0 spiro atoms. The van der Waals surface area contributed by atoms with E-state index in [2.05, 4.69) is 0 Å². The average Bonchev–Trinajstić information content (AvgIpc) is 2.76. The fourth-order valence-electron chi connectivity index (χ4n) is 1.90. The molecule has 17 heavy (non-hydrogen) atoms. The van der Waals surface area contributed by atoms with Gasteiger partial charge >= 0.3 is 0 Å². The molecule has 3 heteroatoms. The molecule has 1 N–H and O–H groups in total. The van der Waals surface area contributed by atoms with Gasteiger partial charge in [0.15, 0.2) is 0 Å². The van der Waals surface area contributed by atoms with Gasteiger partial charge in [-0.25, -0.2) is 0 Å². The predicted octanol–water partition coefficient (Wildman–Crippen LogP) is 3.34. The molecule has 0 saturated heterocycles. The monoisotopic (exact) mass is 248 g/mol. The lowest BCUT2D eigenvalue weighted by Gasteiger charge is -2.13. The summed E-state index contributed by atoms with van der Waals surface area (Å²) in [5.41, 5.74) is 2.19. The molecule has 0 bridgehead atoms. The molecule has 0 aliphatic carbocycles. The SMILES string of the molecule is COc1ccccc1CC(O)c1sccc1C. The Morgan fingerprint density at radius 3 is 2.71 bits per heavy atom. The van der Waals surface area contributed by atoms with Crippen molar-refractivity contribution >= 4 is 11.3 Å². The van der Waals surface area contributed by atoms with Crippen LogP contribution in [0, 0.1) is 6.92 Å². The lowest BCUT2D eigenvalue weighted by Crippen LogP contribution is -2.02. The first-order chi connectivity index (χ1) is 8.22. The summed E-state index contributed by atoms with van der Waals surface area (Å²) in [6, 6.07) is 9.84. The second kappa shape index (κ2) is 5.34. The van der Waals surface area contributed by atoms with E-state index in [1.165, 1.54) is 0 Å². The normalized spacial score (nSPS) is 12.4. The van der Waals surface area contributed by atoms with Crippen molar-refractivity contribution in [2.45, 2.75) is 19.4 Å². The summed E-state index contributed by atoms with van der Waals surface area (Å²) in [5, 5.41) is 12.2. The minimum atomic E-state index is -0.453. The number of benzene rings is 1. The molecule has 0 fully saturated rings. The number of aliphatic hydroxyl groups excluding tert-OH is 1. The van der Waals surface area contributed by atoms with Crippen molar-refractivity contribution in [3.8, 4) is 5.75 Å². The second-order valence-electron chi connectivity index (χ2n) is 4.00. The van der Waals surface area contributed by atoms with Crippen LogP contribution >= 0.6 is 11.3 Å². The highest BCUT2D eigenvalue weighted by Crippen LogP contribution is 2.29. The molecule has 0 aliphatic heterocycles. The Labute approximate surface area is 105 Å². The summed E-state index contributed by atoms with van der Waals surface area (Å²) in [4.78, 5) is 1.04. The van der Waals surface area contributed by atoms with E-state index in [9.17, 15) is 5.11 Å². The van der Waals surface area contributed by atoms with E-state index in [0.29, 0.717) is 6.42 Å². The van der Waals surface area contributed by atoms with Crippen LogP contribution in [0.15, 0.2) is 35.7 Å². The number of rotatable bonds is 4. The van der Waals surface area contributed by atoms with Gasteiger partial charge in [0.25, 0.3) is 0 Å². The molecule has 1 atom stereocenters. The highest BCUT2D eigenvalue weighted by atomic mass is 32.1. The number of methoxy groups -OCH3 is 1. The minimum Gasteiger partial charge on any atom is -0.496 e. The molecular formula is C14H16O2S. The topological polar surface area (TPSA) is 29.5 Å². The Kier molecular flexibility index (Phi) is 3.82. The number of aliphatic hydroxyl groups is 1. The Balaban J connectivity index is 2.18. The lowest BCUT2D eigenvalue weighted by molar-refractivity contribution is 0.180. The van der Waals surface area contributed by atoms with Crippen molar-refractivity contribution in [3.05, 3.63) is 51.7 Å². The van der Waals surface area contributed by atoms with Crippen LogP contribution in [0.5, 0.6) is 5.75 Å². The minimum absolute atomic E-state index is 0.453. The number of ether oxygens (including phenoxy) is 1. The van der Waals surface area contributed by atoms with Gasteiger partial charge in [0.2, 0.25) is 0 Å². The Bertz CT molecular complexity index is 490. The summed E-state index contributed by atoms with van der Waals surface area (Å²) < 4.78 is 5.29. The van der Waals surface area contributed by atoms with Crippen molar-refractivity contribution in [2.75, 3.05) is 7.11 Å². The molecule has 0 radical (unpaired) electrons. The fraction of sp³-hybridized carbons (Fsp3) is 0.286. The molecular weight excluding hydrogens is 232 g/mol. The van der Waals surface area contributed by atoms with E-state index in [-0.39, 0.29) is 0 Å². The number of hydrogen-bond acceptors (Lipinski definition) is 3. The zero-order valence-corrected chi connectivity index (χ0v) is 10.8. The number of aryl methyl sites for hydroxylation is 1. The first-order valence-electron chi connectivity index (χ1n) is 5.56. The third-order valence-electron chi connectivity index (χ3n) is 2.81. The summed E-state index contributed by atoms with van der Waals surface area (Å²) in [7, 11) is 1.65. The van der Waals surface area contributed by atoms with E-state index in [1.807, 2.05) is 42.6 Å². The zero-order chi connectivity index (χ0) is 12.3. The summed E-state index contributed by atoms with van der Waals surface area (Å²) in [6.07, 6.45) is 0.136. The zero-order valence-electron chi connectivity index (χ0n) is 10.0. The molecule has 0 saturated carbocycles. The van der Waals surface area contributed by atoms with E-state index in [1.54, 1.807) is 18.4 Å². The highest BCUT2D eigenvalue weighted by Gasteiger charge is 2.14. The summed E-state index contributed by atoms with van der Waals surface area (Å²) >= 11 is 1.60. The van der Waals surface area contributed by atoms with E-state index in [0.717, 1.165) is 21.8 Å². The number of hydrogen-bond donors (Lipinski definition) is 1.